The van der Waals surface area contributed by atoms with Crippen molar-refractivity contribution in [3.05, 3.63) is 18.5 Å². The highest BCUT2D eigenvalue weighted by Gasteiger charge is 2.27. The molecule has 0 aromatic carbocycles. The number of hydrogen-bond acceptors (Lipinski definition) is 7. The van der Waals surface area contributed by atoms with Gasteiger partial charge in [-0.05, 0) is 18.8 Å². The van der Waals surface area contributed by atoms with Crippen molar-refractivity contribution in [2.45, 2.75) is 32.0 Å². The third kappa shape index (κ3) is 3.36. The number of hydrogen-bond donors (Lipinski definition) is 3. The van der Waals surface area contributed by atoms with Gasteiger partial charge in [-0.1, -0.05) is 0 Å². The molecular weight excluding hydrogens is 334 g/mol. The highest BCUT2D eigenvalue weighted by Crippen LogP contribution is 2.28. The van der Waals surface area contributed by atoms with Crippen molar-refractivity contribution in [2.24, 2.45) is 11.7 Å². The van der Waals surface area contributed by atoms with Crippen molar-refractivity contribution >= 4 is 22.8 Å². The molecule has 0 aliphatic heterocycles. The van der Waals surface area contributed by atoms with E-state index in [1.165, 1.54) is 12.3 Å². The van der Waals surface area contributed by atoms with Crippen molar-refractivity contribution in [2.75, 3.05) is 5.32 Å². The molecule has 0 amide bonds. The number of nitrogens with one attached hydrogen (secondary N) is 2. The monoisotopic (exact) mass is 350 g/mol. The maximum atomic E-state index is 12.2. The Kier molecular flexibility index (Phi) is 3.92. The molecule has 1 fully saturated rings. The molecule has 0 bridgehead atoms. The molecular formula is C14H16F2N8O. The van der Waals surface area contributed by atoms with Crippen LogP contribution in [0.2, 0.25) is 0 Å². The van der Waals surface area contributed by atoms with Gasteiger partial charge in [0.05, 0.1) is 12.4 Å². The van der Waals surface area contributed by atoms with E-state index in [4.69, 9.17) is 5.73 Å². The highest BCUT2D eigenvalue weighted by atomic mass is 19.3. The maximum absolute atomic E-state index is 12.2. The van der Waals surface area contributed by atoms with E-state index in [9.17, 15) is 8.78 Å². The molecule has 3 heterocycles. The molecule has 11 heteroatoms. The number of fused-ring (bicyclic) bond motifs is 1. The summed E-state index contributed by atoms with van der Waals surface area (Å²) in [5, 5.41) is 13.4. The van der Waals surface area contributed by atoms with E-state index in [0.717, 1.165) is 19.4 Å². The van der Waals surface area contributed by atoms with E-state index >= 15 is 0 Å². The van der Waals surface area contributed by atoms with Crippen LogP contribution >= 0.6 is 0 Å². The molecule has 0 radical (unpaired) electrons. The zero-order chi connectivity index (χ0) is 17.4. The molecule has 0 saturated heterocycles. The van der Waals surface area contributed by atoms with Crippen molar-refractivity contribution in [1.29, 1.82) is 0 Å². The molecule has 0 spiro atoms. The van der Waals surface area contributed by atoms with Crippen LogP contribution in [0.15, 0.2) is 18.5 Å². The van der Waals surface area contributed by atoms with Gasteiger partial charge in [0.2, 0.25) is 5.88 Å². The van der Waals surface area contributed by atoms with Crippen LogP contribution in [0, 0.1) is 5.92 Å². The quantitative estimate of drug-likeness (QED) is 0.618. The third-order valence-electron chi connectivity index (χ3n) is 4.08. The number of anilines is 2. The van der Waals surface area contributed by atoms with E-state index < -0.39 is 6.61 Å². The van der Waals surface area contributed by atoms with Crippen LogP contribution in [0.25, 0.3) is 11.2 Å². The predicted octanol–water partition coefficient (Wildman–Crippen LogP) is 1.63. The normalized spacial score (nSPS) is 20.0. The van der Waals surface area contributed by atoms with Gasteiger partial charge in [-0.15, -0.1) is 0 Å². The highest BCUT2D eigenvalue weighted by molar-refractivity contribution is 5.71. The summed E-state index contributed by atoms with van der Waals surface area (Å²) in [7, 11) is 0. The van der Waals surface area contributed by atoms with Gasteiger partial charge in [0.1, 0.15) is 5.52 Å². The average molecular weight is 350 g/mol. The zero-order valence-corrected chi connectivity index (χ0v) is 13.1. The predicted molar refractivity (Wildman–Crippen MR) is 84.5 cm³/mol. The summed E-state index contributed by atoms with van der Waals surface area (Å²) < 4.78 is 30.4. The lowest BCUT2D eigenvalue weighted by Gasteiger charge is -2.32. The molecule has 3 aromatic rings. The minimum Gasteiger partial charge on any atom is -0.417 e. The van der Waals surface area contributed by atoms with Gasteiger partial charge in [0.15, 0.2) is 17.3 Å². The molecule has 9 nitrogen and oxygen atoms in total. The number of alkyl halides is 2. The fourth-order valence-electron chi connectivity index (χ4n) is 2.88. The second-order valence-corrected chi connectivity index (χ2v) is 6.01. The second-order valence-electron chi connectivity index (χ2n) is 6.01. The number of nitrogens with two attached hydrogens (primary N) is 1. The van der Waals surface area contributed by atoms with Crippen LogP contribution in [0.4, 0.5) is 20.4 Å². The van der Waals surface area contributed by atoms with Gasteiger partial charge in [0, 0.05) is 18.7 Å². The fourth-order valence-corrected chi connectivity index (χ4v) is 2.88. The Morgan fingerprint density at radius 3 is 2.96 bits per heavy atom. The zero-order valence-electron chi connectivity index (χ0n) is 13.1. The Balaban J connectivity index is 1.51. The van der Waals surface area contributed by atoms with Crippen LogP contribution in [0.1, 0.15) is 12.8 Å². The molecule has 4 N–H and O–H groups in total. The Hall–Kier alpha value is -2.82. The minimum atomic E-state index is -2.92. The lowest BCUT2D eigenvalue weighted by atomic mass is 9.81. The molecule has 1 aliphatic rings. The van der Waals surface area contributed by atoms with Crippen molar-refractivity contribution in [1.82, 2.24) is 29.9 Å². The van der Waals surface area contributed by atoms with Crippen molar-refractivity contribution in [3.63, 3.8) is 0 Å². The fraction of sp³-hybridized carbons (Fsp3) is 0.429. The smallest absolute Gasteiger partial charge is 0.388 e. The van der Waals surface area contributed by atoms with Crippen molar-refractivity contribution < 1.29 is 13.5 Å². The lowest BCUT2D eigenvalue weighted by Crippen LogP contribution is -2.38. The van der Waals surface area contributed by atoms with Crippen LogP contribution < -0.4 is 15.8 Å². The van der Waals surface area contributed by atoms with Gasteiger partial charge in [-0.25, -0.2) is 19.7 Å². The van der Waals surface area contributed by atoms with Gasteiger partial charge < -0.3 is 15.8 Å². The molecule has 1 saturated carbocycles. The largest absolute Gasteiger partial charge is 0.417 e. The summed E-state index contributed by atoms with van der Waals surface area (Å²) in [6, 6.07) is 1.59. The van der Waals surface area contributed by atoms with Crippen LogP contribution in [-0.4, -0.2) is 42.6 Å². The third-order valence-corrected chi connectivity index (χ3v) is 4.08. The number of ether oxygens (including phenoxy) is 1. The number of aromatic nitrogens is 6. The Labute approximate surface area is 140 Å². The van der Waals surface area contributed by atoms with Crippen LogP contribution in [0.5, 0.6) is 5.88 Å². The molecule has 4 rings (SSSR count). The van der Waals surface area contributed by atoms with Gasteiger partial charge in [0.25, 0.3) is 0 Å². The molecule has 0 atom stereocenters. The number of nitrogens with zero attached hydrogens (tertiary/aromatic N) is 5. The number of halogens is 2. The Morgan fingerprint density at radius 2 is 2.20 bits per heavy atom. The van der Waals surface area contributed by atoms with Crippen molar-refractivity contribution in [3.8, 4) is 5.88 Å². The molecule has 0 unspecified atom stereocenters. The lowest BCUT2D eigenvalue weighted by molar-refractivity contribution is -0.0528. The minimum absolute atomic E-state index is 0.141. The van der Waals surface area contributed by atoms with E-state index in [1.54, 1.807) is 10.9 Å². The summed E-state index contributed by atoms with van der Waals surface area (Å²) in [5.41, 5.74) is 7.14. The molecule has 132 valence electrons. The maximum Gasteiger partial charge on any atom is 0.388 e. The number of H-pyrrole nitrogens is 1. The first-order valence-electron chi connectivity index (χ1n) is 7.78. The van der Waals surface area contributed by atoms with Gasteiger partial charge in [-0.3, -0.25) is 0 Å². The SMILES string of the molecule is N[C@H]1C[C@H](Cn2ncc3ncc(Nc4cc(OC(F)F)[nH]n4)nc32)C1. The first-order valence-corrected chi connectivity index (χ1v) is 7.78. The summed E-state index contributed by atoms with van der Waals surface area (Å²) in [4.78, 5) is 8.78. The Bertz CT molecular complexity index is 873. The van der Waals surface area contributed by atoms with Gasteiger partial charge >= 0.3 is 6.61 Å². The number of rotatable bonds is 6. The van der Waals surface area contributed by atoms with E-state index in [1.807, 2.05) is 0 Å². The van der Waals surface area contributed by atoms with E-state index in [2.05, 4.69) is 35.3 Å². The standard InChI is InChI=1S/C14H16F2N8O/c15-14(16)25-12-3-10(22-23-12)20-11-5-18-9-4-19-24(13(9)21-11)6-7-1-8(17)2-7/h3-5,7-8,14H,1-2,6,17H2,(H2,20,21,22,23)/t7-,8-. The first-order chi connectivity index (χ1) is 12.1. The summed E-state index contributed by atoms with van der Waals surface area (Å²) in [6.45, 7) is -2.18. The second kappa shape index (κ2) is 6.24. The number of aromatic amines is 1. The summed E-state index contributed by atoms with van der Waals surface area (Å²) >= 11 is 0. The Morgan fingerprint density at radius 1 is 1.36 bits per heavy atom. The first kappa shape index (κ1) is 15.7. The van der Waals surface area contributed by atoms with Gasteiger partial charge in [-0.2, -0.15) is 19.0 Å². The summed E-state index contributed by atoms with van der Waals surface area (Å²) in [5.74, 6) is 1.07. The molecule has 25 heavy (non-hydrogen) atoms. The van der Waals surface area contributed by atoms with E-state index in [0.29, 0.717) is 28.7 Å². The van der Waals surface area contributed by atoms with Crippen LogP contribution in [0.3, 0.4) is 0 Å². The van der Waals surface area contributed by atoms with Crippen LogP contribution in [-0.2, 0) is 6.54 Å². The molecule has 3 aromatic heterocycles. The molecule has 1 aliphatic carbocycles. The topological polar surface area (TPSA) is 120 Å². The van der Waals surface area contributed by atoms with E-state index in [-0.39, 0.29) is 11.9 Å². The summed E-state index contributed by atoms with van der Waals surface area (Å²) in [6.07, 6.45) is 5.14. The average Bonchev–Trinajstić information content (AvgIpc) is 3.12.